The fraction of sp³-hybridized carbons (Fsp3) is 0.562. The summed E-state index contributed by atoms with van der Waals surface area (Å²) in [5.74, 6) is 1.12. The molecule has 0 N–H and O–H groups in total. The number of alkyl halides is 2. The molecule has 1 heterocycles. The summed E-state index contributed by atoms with van der Waals surface area (Å²) in [5.41, 5.74) is 2.72. The Bertz CT molecular complexity index is 499. The van der Waals surface area contributed by atoms with Crippen molar-refractivity contribution in [1.82, 2.24) is 4.90 Å². The summed E-state index contributed by atoms with van der Waals surface area (Å²) in [6.07, 6.45) is 0. The Hall–Kier alpha value is -0.970. The number of benzene rings is 1. The highest BCUT2D eigenvalue weighted by Gasteiger charge is 2.21. The summed E-state index contributed by atoms with van der Waals surface area (Å²) in [5, 5.41) is 0. The van der Waals surface area contributed by atoms with Crippen LogP contribution in [-0.4, -0.2) is 62.0 Å². The Morgan fingerprint density at radius 1 is 1.23 bits per heavy atom. The van der Waals surface area contributed by atoms with E-state index >= 15 is 0 Å². The van der Waals surface area contributed by atoms with Gasteiger partial charge in [0.05, 0.1) is 13.2 Å². The number of ether oxygens (including phenoxy) is 1. The summed E-state index contributed by atoms with van der Waals surface area (Å²) in [4.78, 5) is 16.7. The second-order valence-corrected chi connectivity index (χ2v) is 6.02. The smallest absolute Gasteiger partial charge is 0.254 e. The third-order valence-electron chi connectivity index (χ3n) is 3.82. The lowest BCUT2D eigenvalue weighted by molar-refractivity contribution is 0.0302. The number of hydrogen-bond donors (Lipinski definition) is 0. The van der Waals surface area contributed by atoms with Crippen molar-refractivity contribution in [2.75, 3.05) is 56.1 Å². The lowest BCUT2D eigenvalue weighted by Gasteiger charge is -2.28. The van der Waals surface area contributed by atoms with Crippen LogP contribution in [0.25, 0.3) is 0 Å². The number of rotatable bonds is 6. The average molecular weight is 345 g/mol. The van der Waals surface area contributed by atoms with E-state index in [2.05, 4.69) is 4.90 Å². The quantitative estimate of drug-likeness (QED) is 0.744. The van der Waals surface area contributed by atoms with Gasteiger partial charge in [-0.25, -0.2) is 0 Å². The molecule has 4 nitrogen and oxygen atoms in total. The van der Waals surface area contributed by atoms with Gasteiger partial charge in [-0.05, 0) is 24.6 Å². The molecular formula is C16H22Cl2N2O2. The normalized spacial score (nSPS) is 15.0. The van der Waals surface area contributed by atoms with E-state index in [1.165, 1.54) is 0 Å². The molecule has 0 atom stereocenters. The first-order valence-electron chi connectivity index (χ1n) is 7.52. The van der Waals surface area contributed by atoms with Crippen LogP contribution in [0.2, 0.25) is 0 Å². The van der Waals surface area contributed by atoms with Gasteiger partial charge in [-0.15, -0.1) is 23.2 Å². The predicted octanol–water partition coefficient (Wildman–Crippen LogP) is 2.75. The Labute approximate surface area is 141 Å². The van der Waals surface area contributed by atoms with Crippen molar-refractivity contribution < 1.29 is 9.53 Å². The minimum atomic E-state index is 0.0688. The van der Waals surface area contributed by atoms with Gasteiger partial charge in [0.15, 0.2) is 0 Å². The van der Waals surface area contributed by atoms with Crippen molar-refractivity contribution in [2.45, 2.75) is 6.92 Å². The number of carbonyl (C=O) groups excluding carboxylic acids is 1. The number of halogens is 2. The number of morpholine rings is 1. The van der Waals surface area contributed by atoms with E-state index in [-0.39, 0.29) is 5.91 Å². The van der Waals surface area contributed by atoms with Gasteiger partial charge in [0.1, 0.15) is 0 Å². The Morgan fingerprint density at radius 2 is 1.86 bits per heavy atom. The van der Waals surface area contributed by atoms with Gasteiger partial charge in [0, 0.05) is 49.2 Å². The Kier molecular flexibility index (Phi) is 6.80. The minimum Gasteiger partial charge on any atom is -0.378 e. The summed E-state index contributed by atoms with van der Waals surface area (Å²) in [7, 11) is 0. The first kappa shape index (κ1) is 17.4. The Balaban J connectivity index is 2.23. The molecule has 0 aromatic heterocycles. The summed E-state index contributed by atoms with van der Waals surface area (Å²) < 4.78 is 5.31. The predicted molar refractivity (Wildman–Crippen MR) is 91.6 cm³/mol. The average Bonchev–Trinajstić information content (AvgIpc) is 2.55. The van der Waals surface area contributed by atoms with E-state index in [4.69, 9.17) is 27.9 Å². The molecule has 22 heavy (non-hydrogen) atoms. The molecular weight excluding hydrogens is 323 g/mol. The van der Waals surface area contributed by atoms with Crippen LogP contribution in [0.5, 0.6) is 0 Å². The number of carbonyl (C=O) groups is 1. The molecule has 1 aromatic rings. The van der Waals surface area contributed by atoms with Crippen LogP contribution in [-0.2, 0) is 4.74 Å². The highest BCUT2D eigenvalue weighted by Crippen LogP contribution is 2.21. The van der Waals surface area contributed by atoms with Crippen LogP contribution in [0, 0.1) is 6.92 Å². The molecule has 1 aromatic carbocycles. The zero-order valence-corrected chi connectivity index (χ0v) is 14.4. The molecule has 1 aliphatic heterocycles. The number of hydrogen-bond acceptors (Lipinski definition) is 3. The van der Waals surface area contributed by atoms with Gasteiger partial charge in [0.2, 0.25) is 0 Å². The number of anilines is 1. The van der Waals surface area contributed by atoms with Crippen molar-refractivity contribution in [2.24, 2.45) is 0 Å². The van der Waals surface area contributed by atoms with Gasteiger partial charge >= 0.3 is 0 Å². The number of nitrogens with zero attached hydrogens (tertiary/aromatic N) is 2. The SMILES string of the molecule is Cc1ccc(N(CCCl)CCCl)cc1C(=O)N1CCOCC1. The first-order chi connectivity index (χ1) is 10.7. The first-order valence-corrected chi connectivity index (χ1v) is 8.59. The van der Waals surface area contributed by atoms with Gasteiger partial charge in [0.25, 0.3) is 5.91 Å². The lowest BCUT2D eigenvalue weighted by Crippen LogP contribution is -2.41. The third kappa shape index (κ3) is 4.28. The molecule has 1 fully saturated rings. The van der Waals surface area contributed by atoms with Gasteiger partial charge in [-0.3, -0.25) is 4.79 Å². The van der Waals surface area contributed by atoms with Gasteiger partial charge in [-0.2, -0.15) is 0 Å². The van der Waals surface area contributed by atoms with E-state index in [0.717, 1.165) is 16.8 Å². The summed E-state index contributed by atoms with van der Waals surface area (Å²) in [6.45, 7) is 5.89. The minimum absolute atomic E-state index is 0.0688. The molecule has 1 saturated heterocycles. The van der Waals surface area contributed by atoms with Crippen LogP contribution >= 0.6 is 23.2 Å². The van der Waals surface area contributed by atoms with Crippen molar-refractivity contribution in [3.63, 3.8) is 0 Å². The van der Waals surface area contributed by atoms with Crippen LogP contribution in [0.3, 0.4) is 0 Å². The molecule has 0 aliphatic carbocycles. The second-order valence-electron chi connectivity index (χ2n) is 5.27. The van der Waals surface area contributed by atoms with Crippen LogP contribution in [0.4, 0.5) is 5.69 Å². The molecule has 0 bridgehead atoms. The van der Waals surface area contributed by atoms with Crippen molar-refractivity contribution in [3.05, 3.63) is 29.3 Å². The maximum Gasteiger partial charge on any atom is 0.254 e. The number of amides is 1. The zero-order valence-electron chi connectivity index (χ0n) is 12.9. The van der Waals surface area contributed by atoms with E-state index in [1.807, 2.05) is 30.0 Å². The second kappa shape index (κ2) is 8.61. The molecule has 0 radical (unpaired) electrons. The maximum atomic E-state index is 12.7. The van der Waals surface area contributed by atoms with E-state index < -0.39 is 0 Å². The van der Waals surface area contributed by atoms with E-state index in [1.54, 1.807) is 0 Å². The summed E-state index contributed by atoms with van der Waals surface area (Å²) >= 11 is 11.7. The molecule has 0 spiro atoms. The summed E-state index contributed by atoms with van der Waals surface area (Å²) in [6, 6.07) is 5.95. The maximum absolute atomic E-state index is 12.7. The van der Waals surface area contributed by atoms with Crippen LogP contribution in [0.1, 0.15) is 15.9 Å². The van der Waals surface area contributed by atoms with Crippen molar-refractivity contribution >= 4 is 34.8 Å². The van der Waals surface area contributed by atoms with Crippen LogP contribution in [0.15, 0.2) is 18.2 Å². The van der Waals surface area contributed by atoms with E-state index in [0.29, 0.717) is 51.2 Å². The molecule has 0 saturated carbocycles. The fourth-order valence-electron chi connectivity index (χ4n) is 2.55. The lowest BCUT2D eigenvalue weighted by atomic mass is 10.1. The largest absolute Gasteiger partial charge is 0.378 e. The zero-order chi connectivity index (χ0) is 15.9. The van der Waals surface area contributed by atoms with Crippen molar-refractivity contribution in [1.29, 1.82) is 0 Å². The van der Waals surface area contributed by atoms with E-state index in [9.17, 15) is 4.79 Å². The van der Waals surface area contributed by atoms with Crippen molar-refractivity contribution in [3.8, 4) is 0 Å². The topological polar surface area (TPSA) is 32.8 Å². The molecule has 2 rings (SSSR count). The van der Waals surface area contributed by atoms with Gasteiger partial charge < -0.3 is 14.5 Å². The molecule has 1 aliphatic rings. The monoisotopic (exact) mass is 344 g/mol. The fourth-order valence-corrected chi connectivity index (χ4v) is 2.96. The number of aryl methyl sites for hydroxylation is 1. The third-order valence-corrected chi connectivity index (χ3v) is 4.16. The highest BCUT2D eigenvalue weighted by atomic mass is 35.5. The molecule has 1 amide bonds. The molecule has 0 unspecified atom stereocenters. The molecule has 6 heteroatoms. The highest BCUT2D eigenvalue weighted by molar-refractivity contribution is 6.18. The van der Waals surface area contributed by atoms with Crippen LogP contribution < -0.4 is 4.90 Å². The van der Waals surface area contributed by atoms with Gasteiger partial charge in [-0.1, -0.05) is 6.07 Å². The molecule has 122 valence electrons. The standard InChI is InChI=1S/C16H22Cl2N2O2/c1-13-2-3-14(19(6-4-17)7-5-18)12-15(13)16(21)20-8-10-22-11-9-20/h2-3,12H,4-11H2,1H3. The Morgan fingerprint density at radius 3 is 2.45 bits per heavy atom.